The highest BCUT2D eigenvalue weighted by Crippen LogP contribution is 2.39. The van der Waals surface area contributed by atoms with Crippen LogP contribution in [0.3, 0.4) is 0 Å². The lowest BCUT2D eigenvalue weighted by Crippen LogP contribution is -2.54. The van der Waals surface area contributed by atoms with E-state index in [9.17, 15) is 9.90 Å². The molecule has 2 atom stereocenters. The topological polar surface area (TPSA) is 64.6 Å². The van der Waals surface area contributed by atoms with E-state index in [1.165, 1.54) is 25.8 Å². The number of amides is 2. The number of urea groups is 1. The molecule has 0 spiro atoms. The average Bonchev–Trinajstić information content (AvgIpc) is 3.33. The molecule has 2 amide bonds. The van der Waals surface area contributed by atoms with Gasteiger partial charge in [0.05, 0.1) is 12.1 Å². The number of unbranched alkanes of at least 4 members (excludes halogenated alkanes) is 1. The molecule has 1 heterocycles. The standard InChI is InChI=1S/C17H33N3O2/c1-14-7-3-5-11-20(14)12-6-4-10-18-16(22)19-17(2,13-21)15-8-9-15/h14-15,21H,3-13H2,1-2H3,(H2,18,19,22). The van der Waals surface area contributed by atoms with Crippen LogP contribution in [0.25, 0.3) is 0 Å². The van der Waals surface area contributed by atoms with E-state index in [0.29, 0.717) is 18.5 Å². The number of carbonyl (C=O) groups excluding carboxylic acids is 1. The fourth-order valence-corrected chi connectivity index (χ4v) is 3.43. The van der Waals surface area contributed by atoms with Crippen LogP contribution in [0.5, 0.6) is 0 Å². The van der Waals surface area contributed by atoms with Gasteiger partial charge in [-0.25, -0.2) is 4.79 Å². The van der Waals surface area contributed by atoms with Crippen molar-refractivity contribution >= 4 is 6.03 Å². The molecule has 5 heteroatoms. The van der Waals surface area contributed by atoms with Crippen LogP contribution in [0.15, 0.2) is 0 Å². The van der Waals surface area contributed by atoms with Crippen molar-refractivity contribution in [2.75, 3.05) is 26.2 Å². The van der Waals surface area contributed by atoms with Gasteiger partial charge in [-0.1, -0.05) is 6.42 Å². The van der Waals surface area contributed by atoms with Crippen LogP contribution in [0, 0.1) is 5.92 Å². The van der Waals surface area contributed by atoms with Crippen molar-refractivity contribution in [3.63, 3.8) is 0 Å². The van der Waals surface area contributed by atoms with Gasteiger partial charge in [0.15, 0.2) is 0 Å². The lowest BCUT2D eigenvalue weighted by atomic mass is 9.97. The fraction of sp³-hybridized carbons (Fsp3) is 0.941. The lowest BCUT2D eigenvalue weighted by molar-refractivity contribution is 0.153. The van der Waals surface area contributed by atoms with Gasteiger partial charge in [0, 0.05) is 12.6 Å². The van der Waals surface area contributed by atoms with Crippen LogP contribution in [0.1, 0.15) is 58.8 Å². The Balaban J connectivity index is 1.55. The van der Waals surface area contributed by atoms with Crippen molar-refractivity contribution in [3.05, 3.63) is 0 Å². The second-order valence-electron chi connectivity index (χ2n) is 7.32. The molecule has 0 bridgehead atoms. The van der Waals surface area contributed by atoms with E-state index in [2.05, 4.69) is 22.5 Å². The van der Waals surface area contributed by atoms with Crippen LogP contribution in [-0.2, 0) is 0 Å². The van der Waals surface area contributed by atoms with Gasteiger partial charge < -0.3 is 20.6 Å². The molecular formula is C17H33N3O2. The molecule has 1 saturated heterocycles. The molecule has 1 aliphatic carbocycles. The monoisotopic (exact) mass is 311 g/mol. The van der Waals surface area contributed by atoms with Crippen molar-refractivity contribution < 1.29 is 9.90 Å². The van der Waals surface area contributed by atoms with E-state index in [4.69, 9.17) is 0 Å². The quantitative estimate of drug-likeness (QED) is 0.602. The minimum Gasteiger partial charge on any atom is -0.394 e. The Bertz CT molecular complexity index is 360. The van der Waals surface area contributed by atoms with E-state index in [0.717, 1.165) is 32.2 Å². The van der Waals surface area contributed by atoms with Gasteiger partial charge >= 0.3 is 6.03 Å². The zero-order chi connectivity index (χ0) is 16.0. The number of piperidine rings is 1. The third kappa shape index (κ3) is 5.13. The summed E-state index contributed by atoms with van der Waals surface area (Å²) in [6, 6.07) is 0.573. The number of nitrogens with one attached hydrogen (secondary N) is 2. The number of nitrogens with zero attached hydrogens (tertiary/aromatic N) is 1. The van der Waals surface area contributed by atoms with Gasteiger partial charge in [0.2, 0.25) is 0 Å². The first-order valence-corrected chi connectivity index (χ1v) is 8.96. The van der Waals surface area contributed by atoms with Gasteiger partial charge in [-0.15, -0.1) is 0 Å². The number of hydrogen-bond donors (Lipinski definition) is 3. The summed E-state index contributed by atoms with van der Waals surface area (Å²) < 4.78 is 0. The van der Waals surface area contributed by atoms with E-state index in [-0.39, 0.29) is 12.6 Å². The number of aliphatic hydroxyl groups is 1. The maximum atomic E-state index is 11.9. The lowest BCUT2D eigenvalue weighted by Gasteiger charge is -2.33. The second kappa shape index (κ2) is 8.16. The molecule has 1 saturated carbocycles. The van der Waals surface area contributed by atoms with Crippen LogP contribution in [0.2, 0.25) is 0 Å². The molecule has 2 rings (SSSR count). The van der Waals surface area contributed by atoms with Gasteiger partial charge in [-0.2, -0.15) is 0 Å². The van der Waals surface area contributed by atoms with Crippen molar-refractivity contribution in [1.29, 1.82) is 0 Å². The Morgan fingerprint density at radius 2 is 2.05 bits per heavy atom. The number of likely N-dealkylation sites (tertiary alicyclic amines) is 1. The Hall–Kier alpha value is -0.810. The molecule has 5 nitrogen and oxygen atoms in total. The Morgan fingerprint density at radius 1 is 1.27 bits per heavy atom. The van der Waals surface area contributed by atoms with Gasteiger partial charge in [0.1, 0.15) is 0 Å². The minimum absolute atomic E-state index is 0.0118. The highest BCUT2D eigenvalue weighted by Gasteiger charge is 2.42. The van der Waals surface area contributed by atoms with Crippen molar-refractivity contribution in [2.24, 2.45) is 5.92 Å². The van der Waals surface area contributed by atoms with Crippen LogP contribution in [-0.4, -0.2) is 53.9 Å². The van der Waals surface area contributed by atoms with E-state index in [1.54, 1.807) is 0 Å². The second-order valence-corrected chi connectivity index (χ2v) is 7.32. The molecule has 0 aromatic rings. The highest BCUT2D eigenvalue weighted by molar-refractivity contribution is 5.74. The molecule has 128 valence electrons. The molecule has 0 radical (unpaired) electrons. The normalized spacial score (nSPS) is 25.5. The van der Waals surface area contributed by atoms with E-state index < -0.39 is 5.54 Å². The van der Waals surface area contributed by atoms with Gasteiger partial charge in [-0.3, -0.25) is 0 Å². The summed E-state index contributed by atoms with van der Waals surface area (Å²) in [7, 11) is 0. The molecule has 1 aliphatic heterocycles. The van der Waals surface area contributed by atoms with Gasteiger partial charge in [-0.05, 0) is 71.4 Å². The molecule has 2 aliphatic rings. The summed E-state index contributed by atoms with van der Waals surface area (Å²) in [6.07, 6.45) is 8.36. The van der Waals surface area contributed by atoms with Crippen LogP contribution in [0.4, 0.5) is 4.79 Å². The first-order valence-electron chi connectivity index (χ1n) is 8.96. The summed E-state index contributed by atoms with van der Waals surface area (Å²) in [5, 5.41) is 15.3. The van der Waals surface area contributed by atoms with E-state index in [1.807, 2.05) is 6.92 Å². The average molecular weight is 311 g/mol. The zero-order valence-electron chi connectivity index (χ0n) is 14.2. The Kier molecular flexibility index (Phi) is 6.50. The fourth-order valence-electron chi connectivity index (χ4n) is 3.43. The molecule has 0 aromatic heterocycles. The number of aliphatic hydroxyl groups excluding tert-OH is 1. The van der Waals surface area contributed by atoms with Crippen LogP contribution < -0.4 is 10.6 Å². The largest absolute Gasteiger partial charge is 0.394 e. The van der Waals surface area contributed by atoms with Gasteiger partial charge in [0.25, 0.3) is 0 Å². The molecule has 2 fully saturated rings. The van der Waals surface area contributed by atoms with Crippen molar-refractivity contribution in [2.45, 2.75) is 70.4 Å². The van der Waals surface area contributed by atoms with Crippen LogP contribution >= 0.6 is 0 Å². The Morgan fingerprint density at radius 3 is 2.68 bits per heavy atom. The highest BCUT2D eigenvalue weighted by atomic mass is 16.3. The zero-order valence-corrected chi connectivity index (χ0v) is 14.2. The smallest absolute Gasteiger partial charge is 0.315 e. The SMILES string of the molecule is CC1CCCCN1CCCCNC(=O)NC(C)(CO)C1CC1. The first kappa shape index (κ1) is 17.5. The molecule has 2 unspecified atom stereocenters. The number of hydrogen-bond acceptors (Lipinski definition) is 3. The maximum Gasteiger partial charge on any atom is 0.315 e. The molecule has 3 N–H and O–H groups in total. The summed E-state index contributed by atoms with van der Waals surface area (Å²) in [6.45, 7) is 7.34. The summed E-state index contributed by atoms with van der Waals surface area (Å²) in [4.78, 5) is 14.5. The van der Waals surface area contributed by atoms with Crippen molar-refractivity contribution in [1.82, 2.24) is 15.5 Å². The Labute approximate surface area is 134 Å². The summed E-state index contributed by atoms with van der Waals surface area (Å²) in [5.41, 5.74) is -0.451. The number of rotatable bonds is 8. The summed E-state index contributed by atoms with van der Waals surface area (Å²) in [5.74, 6) is 0.434. The predicted octanol–water partition coefficient (Wildman–Crippen LogP) is 2.10. The summed E-state index contributed by atoms with van der Waals surface area (Å²) >= 11 is 0. The van der Waals surface area contributed by atoms with E-state index >= 15 is 0 Å². The third-order valence-electron chi connectivity index (χ3n) is 5.30. The first-order chi connectivity index (χ1) is 10.5. The molecule has 22 heavy (non-hydrogen) atoms. The molecular weight excluding hydrogens is 278 g/mol. The van der Waals surface area contributed by atoms with Crippen molar-refractivity contribution in [3.8, 4) is 0 Å². The predicted molar refractivity (Wildman–Crippen MR) is 88.9 cm³/mol. The molecule has 0 aromatic carbocycles. The minimum atomic E-state index is -0.451. The number of carbonyl (C=O) groups is 1. The maximum absolute atomic E-state index is 11.9. The third-order valence-corrected chi connectivity index (χ3v) is 5.30.